The van der Waals surface area contributed by atoms with Crippen LogP contribution in [0.25, 0.3) is 34.2 Å². The number of nitrogens with one attached hydrogen (secondary N) is 1. The van der Waals surface area contributed by atoms with Gasteiger partial charge < -0.3 is 4.52 Å². The Morgan fingerprint density at radius 3 is 2.70 bits per heavy atom. The number of pyridine rings is 1. The molecule has 0 aliphatic heterocycles. The minimum absolute atomic E-state index is 0.373. The van der Waals surface area contributed by atoms with Gasteiger partial charge in [-0.05, 0) is 30.3 Å². The normalized spacial score (nSPS) is 10.8. The molecule has 4 aromatic rings. The molecule has 0 radical (unpaired) electrons. The number of aromatic nitrogens is 5. The zero-order valence-corrected chi connectivity index (χ0v) is 12.5. The zero-order chi connectivity index (χ0) is 15.6. The van der Waals surface area contributed by atoms with Crippen LogP contribution in [0.5, 0.6) is 0 Å². The van der Waals surface area contributed by atoms with Gasteiger partial charge in [-0.1, -0.05) is 28.9 Å². The number of rotatable bonds is 3. The standard InChI is InChI=1S/C16H10ClN5O/c17-12-3-1-2-11(8-12)13-9-14(21-20-13)16-19-15(22-23-16)10-4-6-18-7-5-10/h1-9H,(H,20,21). The lowest BCUT2D eigenvalue weighted by atomic mass is 10.1. The second kappa shape index (κ2) is 5.66. The molecular weight excluding hydrogens is 314 g/mol. The maximum Gasteiger partial charge on any atom is 0.276 e. The number of aromatic amines is 1. The first-order valence-electron chi connectivity index (χ1n) is 6.85. The van der Waals surface area contributed by atoms with Crippen molar-refractivity contribution in [3.63, 3.8) is 0 Å². The SMILES string of the molecule is Clc1cccc(-c2cc(-c3nc(-c4ccncc4)no3)[nH]n2)c1. The van der Waals surface area contributed by atoms with Crippen molar-refractivity contribution in [1.82, 2.24) is 25.3 Å². The topological polar surface area (TPSA) is 80.5 Å². The quantitative estimate of drug-likeness (QED) is 0.619. The van der Waals surface area contributed by atoms with Crippen molar-refractivity contribution in [2.24, 2.45) is 0 Å². The van der Waals surface area contributed by atoms with Crippen molar-refractivity contribution in [2.45, 2.75) is 0 Å². The lowest BCUT2D eigenvalue weighted by Crippen LogP contribution is -1.81. The molecule has 0 aliphatic rings. The molecule has 3 aromatic heterocycles. The Morgan fingerprint density at radius 2 is 1.87 bits per heavy atom. The number of halogens is 1. The summed E-state index contributed by atoms with van der Waals surface area (Å²) in [6.45, 7) is 0. The van der Waals surface area contributed by atoms with E-state index in [2.05, 4.69) is 25.3 Å². The second-order valence-corrected chi connectivity index (χ2v) is 5.27. The first-order valence-corrected chi connectivity index (χ1v) is 7.23. The van der Waals surface area contributed by atoms with Crippen LogP contribution >= 0.6 is 11.6 Å². The molecule has 0 bridgehead atoms. The van der Waals surface area contributed by atoms with Crippen LogP contribution in [0.4, 0.5) is 0 Å². The van der Waals surface area contributed by atoms with Crippen molar-refractivity contribution in [3.05, 3.63) is 59.9 Å². The molecule has 4 rings (SSSR count). The highest BCUT2D eigenvalue weighted by atomic mass is 35.5. The van der Waals surface area contributed by atoms with Crippen molar-refractivity contribution >= 4 is 11.6 Å². The fourth-order valence-corrected chi connectivity index (χ4v) is 2.37. The van der Waals surface area contributed by atoms with E-state index in [0.29, 0.717) is 22.4 Å². The molecule has 3 heterocycles. The summed E-state index contributed by atoms with van der Waals surface area (Å²) in [4.78, 5) is 8.34. The average molecular weight is 324 g/mol. The smallest absolute Gasteiger partial charge is 0.276 e. The lowest BCUT2D eigenvalue weighted by Gasteiger charge is -1.95. The van der Waals surface area contributed by atoms with Gasteiger partial charge in [-0.3, -0.25) is 10.1 Å². The van der Waals surface area contributed by atoms with Crippen LogP contribution < -0.4 is 0 Å². The van der Waals surface area contributed by atoms with Gasteiger partial charge in [-0.2, -0.15) is 10.1 Å². The van der Waals surface area contributed by atoms with E-state index >= 15 is 0 Å². The van der Waals surface area contributed by atoms with E-state index in [1.807, 2.05) is 42.5 Å². The van der Waals surface area contributed by atoms with E-state index in [1.54, 1.807) is 12.4 Å². The molecule has 0 amide bonds. The fourth-order valence-electron chi connectivity index (χ4n) is 2.18. The zero-order valence-electron chi connectivity index (χ0n) is 11.8. The molecule has 0 atom stereocenters. The van der Waals surface area contributed by atoms with Crippen molar-refractivity contribution in [3.8, 4) is 34.2 Å². The number of benzene rings is 1. The molecule has 0 saturated carbocycles. The van der Waals surface area contributed by atoms with Gasteiger partial charge in [-0.15, -0.1) is 0 Å². The molecule has 1 N–H and O–H groups in total. The average Bonchev–Trinajstić information content (AvgIpc) is 3.25. The van der Waals surface area contributed by atoms with Gasteiger partial charge in [-0.25, -0.2) is 0 Å². The summed E-state index contributed by atoms with van der Waals surface area (Å²) in [7, 11) is 0. The molecular formula is C16H10ClN5O. The molecule has 1 aromatic carbocycles. The van der Waals surface area contributed by atoms with Crippen LogP contribution in [0.1, 0.15) is 0 Å². The van der Waals surface area contributed by atoms with Crippen molar-refractivity contribution < 1.29 is 4.52 Å². The molecule has 0 unspecified atom stereocenters. The highest BCUT2D eigenvalue weighted by Crippen LogP contribution is 2.26. The Hall–Kier alpha value is -2.99. The van der Waals surface area contributed by atoms with Crippen molar-refractivity contribution in [1.29, 1.82) is 0 Å². The van der Waals surface area contributed by atoms with Crippen LogP contribution in [-0.4, -0.2) is 25.3 Å². The maximum absolute atomic E-state index is 6.01. The van der Waals surface area contributed by atoms with Crippen LogP contribution in [0.2, 0.25) is 5.02 Å². The van der Waals surface area contributed by atoms with Crippen LogP contribution in [-0.2, 0) is 0 Å². The fraction of sp³-hybridized carbons (Fsp3) is 0. The summed E-state index contributed by atoms with van der Waals surface area (Å²) >= 11 is 6.01. The summed E-state index contributed by atoms with van der Waals surface area (Å²) in [5.41, 5.74) is 3.15. The van der Waals surface area contributed by atoms with E-state index in [0.717, 1.165) is 16.8 Å². The predicted molar refractivity (Wildman–Crippen MR) is 85.6 cm³/mol. The summed E-state index contributed by atoms with van der Waals surface area (Å²) < 4.78 is 5.30. The third-order valence-corrected chi connectivity index (χ3v) is 3.53. The minimum atomic E-state index is 0.373. The molecule has 112 valence electrons. The van der Waals surface area contributed by atoms with E-state index in [-0.39, 0.29) is 0 Å². The molecule has 7 heteroatoms. The van der Waals surface area contributed by atoms with E-state index in [9.17, 15) is 0 Å². The molecule has 0 spiro atoms. The maximum atomic E-state index is 6.01. The van der Waals surface area contributed by atoms with Gasteiger partial charge in [0.15, 0.2) is 0 Å². The van der Waals surface area contributed by atoms with E-state index < -0.39 is 0 Å². The van der Waals surface area contributed by atoms with Gasteiger partial charge >= 0.3 is 0 Å². The highest BCUT2D eigenvalue weighted by Gasteiger charge is 2.14. The highest BCUT2D eigenvalue weighted by molar-refractivity contribution is 6.30. The molecule has 6 nitrogen and oxygen atoms in total. The summed E-state index contributed by atoms with van der Waals surface area (Å²) in [5.74, 6) is 0.874. The van der Waals surface area contributed by atoms with Crippen molar-refractivity contribution in [2.75, 3.05) is 0 Å². The second-order valence-electron chi connectivity index (χ2n) is 4.84. The van der Waals surface area contributed by atoms with E-state index in [1.165, 1.54) is 0 Å². The molecule has 0 fully saturated rings. The van der Waals surface area contributed by atoms with Gasteiger partial charge in [0.2, 0.25) is 5.82 Å². The Balaban J connectivity index is 1.66. The number of hydrogen-bond donors (Lipinski definition) is 1. The first-order chi connectivity index (χ1) is 11.3. The number of nitrogens with zero attached hydrogens (tertiary/aromatic N) is 4. The van der Waals surface area contributed by atoms with Gasteiger partial charge in [0.1, 0.15) is 5.69 Å². The first kappa shape index (κ1) is 13.7. The monoisotopic (exact) mass is 323 g/mol. The summed E-state index contributed by atoms with van der Waals surface area (Å²) in [6, 6.07) is 12.9. The third-order valence-electron chi connectivity index (χ3n) is 3.29. The third kappa shape index (κ3) is 2.72. The minimum Gasteiger partial charge on any atom is -0.332 e. The van der Waals surface area contributed by atoms with Crippen LogP contribution in [0.3, 0.4) is 0 Å². The Morgan fingerprint density at radius 1 is 1.00 bits per heavy atom. The summed E-state index contributed by atoms with van der Waals surface area (Å²) in [5, 5.41) is 11.8. The van der Waals surface area contributed by atoms with E-state index in [4.69, 9.17) is 16.1 Å². The lowest BCUT2D eigenvalue weighted by molar-refractivity contribution is 0.431. The summed E-state index contributed by atoms with van der Waals surface area (Å²) in [6.07, 6.45) is 3.36. The van der Waals surface area contributed by atoms with Crippen LogP contribution in [0.15, 0.2) is 59.4 Å². The Kier molecular flexibility index (Phi) is 3.36. The Labute approximate surface area is 136 Å². The van der Waals surface area contributed by atoms with Crippen LogP contribution in [0, 0.1) is 0 Å². The van der Waals surface area contributed by atoms with Gasteiger partial charge in [0, 0.05) is 28.5 Å². The largest absolute Gasteiger partial charge is 0.332 e. The molecule has 23 heavy (non-hydrogen) atoms. The number of H-pyrrole nitrogens is 1. The molecule has 0 aliphatic carbocycles. The number of hydrogen-bond acceptors (Lipinski definition) is 5. The van der Waals surface area contributed by atoms with Gasteiger partial charge in [0.05, 0.1) is 5.69 Å². The Bertz CT molecular complexity index is 948. The molecule has 0 saturated heterocycles. The van der Waals surface area contributed by atoms with Gasteiger partial charge in [0.25, 0.3) is 5.89 Å². The predicted octanol–water partition coefficient (Wildman–Crippen LogP) is 3.84.